The Morgan fingerprint density at radius 2 is 2.12 bits per heavy atom. The van der Waals surface area contributed by atoms with Crippen LogP contribution in [0.1, 0.15) is 26.2 Å². The molecule has 0 spiro atoms. The number of allylic oxidation sites excluding steroid dienone is 2. The predicted molar refractivity (Wildman–Crippen MR) is 63.1 cm³/mol. The maximum atomic E-state index is 11.7. The third-order valence-electron chi connectivity index (χ3n) is 3.47. The summed E-state index contributed by atoms with van der Waals surface area (Å²) in [7, 11) is 1.47. The summed E-state index contributed by atoms with van der Waals surface area (Å²) in [6.07, 6.45) is 7.65. The third-order valence-corrected chi connectivity index (χ3v) is 3.47. The number of carbonyl (C=O) groups is 1. The van der Waals surface area contributed by atoms with Crippen molar-refractivity contribution < 1.29 is 9.53 Å². The minimum Gasteiger partial charge on any atom is -0.468 e. The van der Waals surface area contributed by atoms with Crippen LogP contribution in [-0.4, -0.2) is 37.1 Å². The highest BCUT2D eigenvalue weighted by Crippen LogP contribution is 2.30. The van der Waals surface area contributed by atoms with Crippen LogP contribution in [-0.2, 0) is 9.53 Å². The highest BCUT2D eigenvalue weighted by atomic mass is 16.5. The Morgan fingerprint density at radius 3 is 2.75 bits per heavy atom. The largest absolute Gasteiger partial charge is 0.468 e. The number of esters is 1. The van der Waals surface area contributed by atoms with E-state index in [0.29, 0.717) is 0 Å². The van der Waals surface area contributed by atoms with Crippen LogP contribution < -0.4 is 0 Å². The number of carbonyl (C=O) groups excluding carboxylic acids is 1. The molecule has 1 aliphatic heterocycles. The van der Waals surface area contributed by atoms with E-state index in [-0.39, 0.29) is 12.0 Å². The molecule has 1 atom stereocenters. The van der Waals surface area contributed by atoms with Crippen LogP contribution in [0.4, 0.5) is 0 Å². The van der Waals surface area contributed by atoms with Crippen LogP contribution in [0, 0.1) is 0 Å². The Labute approximate surface area is 96.8 Å². The Balaban J connectivity index is 2.18. The summed E-state index contributed by atoms with van der Waals surface area (Å²) in [6.45, 7) is 3.88. The summed E-state index contributed by atoms with van der Waals surface area (Å²) in [6, 6.07) is -0.0866. The van der Waals surface area contributed by atoms with Crippen molar-refractivity contribution in [3.8, 4) is 0 Å². The molecule has 2 aliphatic rings. The number of nitrogens with zero attached hydrogens (tertiary/aromatic N) is 1. The quantitative estimate of drug-likeness (QED) is 0.667. The standard InChI is InChI=1S/C13H19NO2/c1-3-14-9-11-7-5-4-6-10(11)8-12(14)13(15)16-2/h6-7,12H,3-5,8-9H2,1-2H3. The number of fused-ring (bicyclic) bond motifs is 1. The van der Waals surface area contributed by atoms with E-state index in [2.05, 4.69) is 24.0 Å². The number of likely N-dealkylation sites (N-methyl/N-ethyl adjacent to an activating group) is 1. The van der Waals surface area contributed by atoms with Gasteiger partial charge in [0.15, 0.2) is 0 Å². The Morgan fingerprint density at radius 1 is 1.44 bits per heavy atom. The topological polar surface area (TPSA) is 29.5 Å². The molecular weight excluding hydrogens is 202 g/mol. The first kappa shape index (κ1) is 11.4. The van der Waals surface area contributed by atoms with Gasteiger partial charge in [0.25, 0.3) is 0 Å². The molecule has 16 heavy (non-hydrogen) atoms. The minimum atomic E-state index is -0.104. The lowest BCUT2D eigenvalue weighted by Crippen LogP contribution is -2.46. The molecule has 2 rings (SSSR count). The zero-order valence-corrected chi connectivity index (χ0v) is 10.0. The van der Waals surface area contributed by atoms with Crippen LogP contribution in [0.5, 0.6) is 0 Å². The van der Waals surface area contributed by atoms with Crippen LogP contribution in [0.15, 0.2) is 23.3 Å². The van der Waals surface area contributed by atoms with Gasteiger partial charge in [-0.3, -0.25) is 9.69 Å². The van der Waals surface area contributed by atoms with Crippen LogP contribution in [0.3, 0.4) is 0 Å². The van der Waals surface area contributed by atoms with Crippen molar-refractivity contribution in [2.75, 3.05) is 20.2 Å². The van der Waals surface area contributed by atoms with E-state index in [0.717, 1.165) is 32.4 Å². The molecule has 88 valence electrons. The second-order valence-corrected chi connectivity index (χ2v) is 4.34. The van der Waals surface area contributed by atoms with Crippen molar-refractivity contribution in [1.82, 2.24) is 4.90 Å². The molecule has 0 aromatic carbocycles. The van der Waals surface area contributed by atoms with Gasteiger partial charge in [0.05, 0.1) is 7.11 Å². The average molecular weight is 221 g/mol. The number of piperidine rings is 1. The molecule has 1 aliphatic carbocycles. The predicted octanol–water partition coefficient (Wildman–Crippen LogP) is 1.90. The van der Waals surface area contributed by atoms with Gasteiger partial charge < -0.3 is 4.74 Å². The first-order chi connectivity index (χ1) is 7.76. The van der Waals surface area contributed by atoms with E-state index in [9.17, 15) is 4.79 Å². The molecule has 0 aromatic heterocycles. The molecule has 0 amide bonds. The Kier molecular flexibility index (Phi) is 3.44. The van der Waals surface area contributed by atoms with Gasteiger partial charge in [-0.05, 0) is 37.0 Å². The Hall–Kier alpha value is -1.09. The number of ether oxygens (including phenoxy) is 1. The van der Waals surface area contributed by atoms with Crippen molar-refractivity contribution >= 4 is 5.97 Å². The van der Waals surface area contributed by atoms with E-state index in [1.54, 1.807) is 0 Å². The number of likely N-dealkylation sites (tertiary alicyclic amines) is 1. The number of rotatable bonds is 2. The average Bonchev–Trinajstić information content (AvgIpc) is 2.36. The SMILES string of the molecule is CCN1CC2=CCCC=C2CC1C(=O)OC. The monoisotopic (exact) mass is 221 g/mol. The van der Waals surface area contributed by atoms with E-state index >= 15 is 0 Å². The summed E-state index contributed by atoms with van der Waals surface area (Å²) < 4.78 is 4.87. The highest BCUT2D eigenvalue weighted by molar-refractivity contribution is 5.77. The molecule has 3 nitrogen and oxygen atoms in total. The molecule has 0 radical (unpaired) electrons. The molecule has 0 bridgehead atoms. The molecule has 1 saturated heterocycles. The minimum absolute atomic E-state index is 0.0866. The van der Waals surface area contributed by atoms with Crippen molar-refractivity contribution in [3.63, 3.8) is 0 Å². The molecule has 3 heteroatoms. The van der Waals surface area contributed by atoms with Gasteiger partial charge in [-0.15, -0.1) is 0 Å². The number of hydrogen-bond acceptors (Lipinski definition) is 3. The molecule has 0 saturated carbocycles. The fourth-order valence-corrected chi connectivity index (χ4v) is 2.52. The number of methoxy groups -OCH3 is 1. The van der Waals surface area contributed by atoms with E-state index < -0.39 is 0 Å². The van der Waals surface area contributed by atoms with Crippen molar-refractivity contribution in [2.24, 2.45) is 0 Å². The fraction of sp³-hybridized carbons (Fsp3) is 0.615. The maximum Gasteiger partial charge on any atom is 0.323 e. The van der Waals surface area contributed by atoms with Gasteiger partial charge in [-0.2, -0.15) is 0 Å². The molecule has 1 heterocycles. The van der Waals surface area contributed by atoms with Gasteiger partial charge in [0.1, 0.15) is 6.04 Å². The van der Waals surface area contributed by atoms with E-state index in [1.807, 2.05) is 0 Å². The highest BCUT2D eigenvalue weighted by Gasteiger charge is 2.33. The maximum absolute atomic E-state index is 11.7. The second kappa shape index (κ2) is 4.83. The van der Waals surface area contributed by atoms with Crippen LogP contribution in [0.25, 0.3) is 0 Å². The molecule has 1 fully saturated rings. The zero-order chi connectivity index (χ0) is 11.5. The first-order valence-corrected chi connectivity index (χ1v) is 5.96. The van der Waals surface area contributed by atoms with E-state index in [4.69, 9.17) is 4.74 Å². The fourth-order valence-electron chi connectivity index (χ4n) is 2.52. The summed E-state index contributed by atoms with van der Waals surface area (Å²) in [5.41, 5.74) is 2.76. The number of hydrogen-bond donors (Lipinski definition) is 0. The summed E-state index contributed by atoms with van der Waals surface area (Å²) in [5, 5.41) is 0. The van der Waals surface area contributed by atoms with Crippen molar-refractivity contribution in [2.45, 2.75) is 32.2 Å². The molecule has 0 N–H and O–H groups in total. The lowest BCUT2D eigenvalue weighted by Gasteiger charge is -2.36. The van der Waals surface area contributed by atoms with Gasteiger partial charge >= 0.3 is 5.97 Å². The molecule has 0 aromatic rings. The third kappa shape index (κ3) is 2.05. The lowest BCUT2D eigenvalue weighted by molar-refractivity contribution is -0.147. The lowest BCUT2D eigenvalue weighted by atomic mass is 9.87. The van der Waals surface area contributed by atoms with Crippen LogP contribution >= 0.6 is 0 Å². The van der Waals surface area contributed by atoms with Gasteiger partial charge in [-0.25, -0.2) is 0 Å². The van der Waals surface area contributed by atoms with Crippen molar-refractivity contribution in [1.29, 1.82) is 0 Å². The summed E-state index contributed by atoms with van der Waals surface area (Å²) >= 11 is 0. The smallest absolute Gasteiger partial charge is 0.323 e. The Bertz CT molecular complexity index is 344. The molecular formula is C13H19NO2. The normalized spacial score (nSPS) is 25.5. The van der Waals surface area contributed by atoms with E-state index in [1.165, 1.54) is 18.3 Å². The van der Waals surface area contributed by atoms with Gasteiger partial charge in [0, 0.05) is 6.54 Å². The van der Waals surface area contributed by atoms with Crippen molar-refractivity contribution in [3.05, 3.63) is 23.3 Å². The second-order valence-electron chi connectivity index (χ2n) is 4.34. The van der Waals surface area contributed by atoms with Gasteiger partial charge in [0.2, 0.25) is 0 Å². The van der Waals surface area contributed by atoms with Gasteiger partial charge in [-0.1, -0.05) is 19.1 Å². The van der Waals surface area contributed by atoms with Crippen LogP contribution in [0.2, 0.25) is 0 Å². The zero-order valence-electron chi connectivity index (χ0n) is 10.0. The summed E-state index contributed by atoms with van der Waals surface area (Å²) in [4.78, 5) is 13.9. The molecule has 1 unspecified atom stereocenters. The summed E-state index contributed by atoms with van der Waals surface area (Å²) in [5.74, 6) is -0.104. The first-order valence-electron chi connectivity index (χ1n) is 5.96.